The lowest BCUT2D eigenvalue weighted by atomic mass is 10.2. The summed E-state index contributed by atoms with van der Waals surface area (Å²) in [5.74, 6) is -0.191. The molecule has 1 aromatic heterocycles. The fraction of sp³-hybridized carbons (Fsp3) is 0.286. The molecule has 0 unspecified atom stereocenters. The minimum Gasteiger partial charge on any atom is -0.380 e. The first-order valence-electron chi connectivity index (χ1n) is 6.11. The number of amides is 1. The van der Waals surface area contributed by atoms with Crippen LogP contribution < -0.4 is 5.32 Å². The Morgan fingerprint density at radius 3 is 2.85 bits per heavy atom. The van der Waals surface area contributed by atoms with Crippen LogP contribution in [-0.4, -0.2) is 22.8 Å². The molecule has 0 fully saturated rings. The molecule has 0 bridgehead atoms. The predicted octanol–water partition coefficient (Wildman–Crippen LogP) is 2.89. The number of carbonyl (C=O) groups excluding carboxylic acids is 1. The van der Waals surface area contributed by atoms with Gasteiger partial charge in [-0.2, -0.15) is 5.10 Å². The van der Waals surface area contributed by atoms with E-state index < -0.39 is 0 Å². The molecular formula is C14H16BrN3O2. The number of nitrogens with zero attached hydrogens (tertiary/aromatic N) is 2. The summed E-state index contributed by atoms with van der Waals surface area (Å²) in [6.45, 7) is 2.27. The van der Waals surface area contributed by atoms with Crippen molar-refractivity contribution in [1.82, 2.24) is 9.78 Å². The smallest absolute Gasteiger partial charge is 0.273 e. The number of halogens is 1. The van der Waals surface area contributed by atoms with Crippen molar-refractivity contribution in [2.75, 3.05) is 12.4 Å². The van der Waals surface area contributed by atoms with E-state index in [2.05, 4.69) is 26.3 Å². The second-order valence-electron chi connectivity index (χ2n) is 4.45. The van der Waals surface area contributed by atoms with Crippen LogP contribution in [0.15, 0.2) is 28.7 Å². The largest absolute Gasteiger partial charge is 0.380 e. The molecule has 5 nitrogen and oxygen atoms in total. The standard InChI is InChI=1S/C14H16BrN3O2/c1-9-7-13(18(2)17-9)14(19)16-12-6-4-5-11(15)10(12)8-20-3/h4-7H,8H2,1-3H3,(H,16,19). The highest BCUT2D eigenvalue weighted by molar-refractivity contribution is 9.10. The second kappa shape index (κ2) is 6.19. The van der Waals surface area contributed by atoms with Gasteiger partial charge in [0.1, 0.15) is 5.69 Å². The Kier molecular flexibility index (Phi) is 4.57. The predicted molar refractivity (Wildman–Crippen MR) is 80.8 cm³/mol. The van der Waals surface area contributed by atoms with Gasteiger partial charge in [0.2, 0.25) is 0 Å². The van der Waals surface area contributed by atoms with E-state index in [9.17, 15) is 4.79 Å². The number of carbonyl (C=O) groups is 1. The highest BCUT2D eigenvalue weighted by Gasteiger charge is 2.14. The third-order valence-corrected chi connectivity index (χ3v) is 3.63. The van der Waals surface area contributed by atoms with Crippen molar-refractivity contribution in [2.24, 2.45) is 7.05 Å². The van der Waals surface area contributed by atoms with E-state index in [1.54, 1.807) is 24.9 Å². The second-order valence-corrected chi connectivity index (χ2v) is 5.30. The number of hydrogen-bond donors (Lipinski definition) is 1. The molecule has 1 aromatic carbocycles. The molecule has 6 heteroatoms. The Hall–Kier alpha value is -1.66. The zero-order chi connectivity index (χ0) is 14.7. The summed E-state index contributed by atoms with van der Waals surface area (Å²) in [5.41, 5.74) is 2.96. The van der Waals surface area contributed by atoms with Crippen LogP contribution in [0.1, 0.15) is 21.7 Å². The zero-order valence-electron chi connectivity index (χ0n) is 11.6. The topological polar surface area (TPSA) is 56.1 Å². The van der Waals surface area contributed by atoms with E-state index in [0.29, 0.717) is 12.3 Å². The van der Waals surface area contributed by atoms with Crippen molar-refractivity contribution in [3.8, 4) is 0 Å². The van der Waals surface area contributed by atoms with E-state index in [1.807, 2.05) is 25.1 Å². The van der Waals surface area contributed by atoms with Crippen molar-refractivity contribution < 1.29 is 9.53 Å². The number of anilines is 1. The van der Waals surface area contributed by atoms with Gasteiger partial charge >= 0.3 is 0 Å². The Labute approximate surface area is 126 Å². The van der Waals surface area contributed by atoms with Crippen molar-refractivity contribution >= 4 is 27.5 Å². The number of aryl methyl sites for hydroxylation is 2. The zero-order valence-corrected chi connectivity index (χ0v) is 13.2. The number of benzene rings is 1. The lowest BCUT2D eigenvalue weighted by molar-refractivity contribution is 0.101. The Bertz CT molecular complexity index is 637. The SMILES string of the molecule is COCc1c(Br)cccc1NC(=O)c1cc(C)nn1C. The summed E-state index contributed by atoms with van der Waals surface area (Å²) in [7, 11) is 3.37. The van der Waals surface area contributed by atoms with Gasteiger partial charge in [-0.25, -0.2) is 0 Å². The molecule has 1 amide bonds. The molecule has 2 aromatic rings. The van der Waals surface area contributed by atoms with Gasteiger partial charge < -0.3 is 10.1 Å². The number of ether oxygens (including phenoxy) is 1. The molecule has 0 aliphatic heterocycles. The van der Waals surface area contributed by atoms with Crippen LogP contribution in [0.5, 0.6) is 0 Å². The van der Waals surface area contributed by atoms with E-state index in [0.717, 1.165) is 21.4 Å². The van der Waals surface area contributed by atoms with Gasteiger partial charge in [0.05, 0.1) is 12.3 Å². The Balaban J connectivity index is 2.28. The van der Waals surface area contributed by atoms with Gasteiger partial charge in [-0.1, -0.05) is 22.0 Å². The van der Waals surface area contributed by atoms with Gasteiger partial charge in [-0.15, -0.1) is 0 Å². The Morgan fingerprint density at radius 1 is 1.50 bits per heavy atom. The molecule has 0 aliphatic carbocycles. The number of hydrogen-bond acceptors (Lipinski definition) is 3. The van der Waals surface area contributed by atoms with Crippen LogP contribution in [0, 0.1) is 6.92 Å². The third-order valence-electron chi connectivity index (χ3n) is 2.89. The molecule has 20 heavy (non-hydrogen) atoms. The van der Waals surface area contributed by atoms with Gasteiger partial charge in [-0.05, 0) is 25.1 Å². The van der Waals surface area contributed by atoms with Crippen molar-refractivity contribution in [3.63, 3.8) is 0 Å². The maximum atomic E-state index is 12.3. The van der Waals surface area contributed by atoms with Crippen LogP contribution in [-0.2, 0) is 18.4 Å². The minimum atomic E-state index is -0.191. The Morgan fingerprint density at radius 2 is 2.25 bits per heavy atom. The quantitative estimate of drug-likeness (QED) is 0.933. The van der Waals surface area contributed by atoms with Crippen molar-refractivity contribution in [1.29, 1.82) is 0 Å². The van der Waals surface area contributed by atoms with Crippen molar-refractivity contribution in [3.05, 3.63) is 45.7 Å². The maximum absolute atomic E-state index is 12.3. The number of aromatic nitrogens is 2. The molecule has 0 atom stereocenters. The fourth-order valence-corrected chi connectivity index (χ4v) is 2.46. The summed E-state index contributed by atoms with van der Waals surface area (Å²) in [6.07, 6.45) is 0. The monoisotopic (exact) mass is 337 g/mol. The normalized spacial score (nSPS) is 10.6. The number of nitrogens with one attached hydrogen (secondary N) is 1. The van der Waals surface area contributed by atoms with Crippen molar-refractivity contribution in [2.45, 2.75) is 13.5 Å². The van der Waals surface area contributed by atoms with Crippen LogP contribution in [0.4, 0.5) is 5.69 Å². The molecular weight excluding hydrogens is 322 g/mol. The highest BCUT2D eigenvalue weighted by Crippen LogP contribution is 2.26. The third kappa shape index (κ3) is 3.08. The number of rotatable bonds is 4. The minimum absolute atomic E-state index is 0.191. The molecule has 0 saturated heterocycles. The average Bonchev–Trinajstić information content (AvgIpc) is 2.73. The van der Waals surface area contributed by atoms with Gasteiger partial charge in [0, 0.05) is 29.9 Å². The fourth-order valence-electron chi connectivity index (χ4n) is 1.98. The first-order chi connectivity index (χ1) is 9.52. The van der Waals surface area contributed by atoms with E-state index in [1.165, 1.54) is 0 Å². The summed E-state index contributed by atoms with van der Waals surface area (Å²) in [4.78, 5) is 12.3. The lowest BCUT2D eigenvalue weighted by Gasteiger charge is -2.12. The molecule has 1 N–H and O–H groups in total. The van der Waals surface area contributed by atoms with Gasteiger partial charge in [0.25, 0.3) is 5.91 Å². The molecule has 2 rings (SSSR count). The summed E-state index contributed by atoms with van der Waals surface area (Å²) in [6, 6.07) is 7.38. The molecule has 106 valence electrons. The summed E-state index contributed by atoms with van der Waals surface area (Å²) >= 11 is 3.46. The first-order valence-corrected chi connectivity index (χ1v) is 6.90. The highest BCUT2D eigenvalue weighted by atomic mass is 79.9. The molecule has 1 heterocycles. The summed E-state index contributed by atoms with van der Waals surface area (Å²) < 4.78 is 7.63. The van der Waals surface area contributed by atoms with E-state index in [-0.39, 0.29) is 5.91 Å². The summed E-state index contributed by atoms with van der Waals surface area (Å²) in [5, 5.41) is 7.07. The maximum Gasteiger partial charge on any atom is 0.273 e. The van der Waals surface area contributed by atoms with Gasteiger partial charge in [0.15, 0.2) is 0 Å². The molecule has 0 radical (unpaired) electrons. The number of methoxy groups -OCH3 is 1. The van der Waals surface area contributed by atoms with Crippen LogP contribution in [0.3, 0.4) is 0 Å². The lowest BCUT2D eigenvalue weighted by Crippen LogP contribution is -2.17. The van der Waals surface area contributed by atoms with Crippen LogP contribution >= 0.6 is 15.9 Å². The van der Waals surface area contributed by atoms with Crippen LogP contribution in [0.25, 0.3) is 0 Å². The molecule has 0 saturated carbocycles. The van der Waals surface area contributed by atoms with Gasteiger partial charge in [-0.3, -0.25) is 9.48 Å². The first kappa shape index (κ1) is 14.7. The van der Waals surface area contributed by atoms with E-state index in [4.69, 9.17) is 4.74 Å². The van der Waals surface area contributed by atoms with Crippen LogP contribution in [0.2, 0.25) is 0 Å². The molecule has 0 spiro atoms. The van der Waals surface area contributed by atoms with E-state index >= 15 is 0 Å². The molecule has 0 aliphatic rings. The average molecular weight is 338 g/mol.